The topological polar surface area (TPSA) is 41.6 Å². The molecule has 144 valence electrons. The summed E-state index contributed by atoms with van der Waals surface area (Å²) in [6.45, 7) is 6.94. The van der Waals surface area contributed by atoms with E-state index in [1.165, 1.54) is 13.2 Å². The van der Waals surface area contributed by atoms with Crippen LogP contribution in [0.4, 0.5) is 18.9 Å². The molecule has 1 aromatic rings. The molecule has 2 heterocycles. The fourth-order valence-corrected chi connectivity index (χ4v) is 4.10. The Labute approximate surface area is 151 Å². The molecule has 2 aliphatic rings. The number of carbonyl (C=O) groups excluding carboxylic acids is 1. The highest BCUT2D eigenvalue weighted by Crippen LogP contribution is 2.52. The zero-order valence-corrected chi connectivity index (χ0v) is 15.6. The molecule has 1 amide bonds. The van der Waals surface area contributed by atoms with Gasteiger partial charge in [-0.15, -0.1) is 0 Å². The van der Waals surface area contributed by atoms with Crippen molar-refractivity contribution in [2.24, 2.45) is 5.41 Å². The summed E-state index contributed by atoms with van der Waals surface area (Å²) in [5.41, 5.74) is -0.973. The number of alkyl halides is 3. The summed E-state index contributed by atoms with van der Waals surface area (Å²) in [6.07, 6.45) is -3.41. The smallest absolute Gasteiger partial charge is 0.416 e. The van der Waals surface area contributed by atoms with Crippen LogP contribution in [0.1, 0.15) is 44.7 Å². The van der Waals surface area contributed by atoms with Crippen molar-refractivity contribution in [2.45, 2.75) is 45.2 Å². The maximum atomic E-state index is 13.6. The molecule has 26 heavy (non-hydrogen) atoms. The van der Waals surface area contributed by atoms with Gasteiger partial charge in [-0.1, -0.05) is 20.8 Å². The summed E-state index contributed by atoms with van der Waals surface area (Å²) < 4.78 is 46.2. The van der Waals surface area contributed by atoms with E-state index < -0.39 is 22.6 Å². The Balaban J connectivity index is 1.96. The van der Waals surface area contributed by atoms with Crippen molar-refractivity contribution >= 4 is 11.6 Å². The molecule has 2 aliphatic heterocycles. The average molecular weight is 370 g/mol. The Kier molecular flexibility index (Phi) is 4.40. The van der Waals surface area contributed by atoms with E-state index in [1.54, 1.807) is 4.90 Å². The minimum Gasteiger partial charge on any atom is -0.495 e. The van der Waals surface area contributed by atoms with Gasteiger partial charge in [0.2, 0.25) is 5.91 Å². The van der Waals surface area contributed by atoms with Crippen LogP contribution in [0, 0.1) is 5.41 Å². The van der Waals surface area contributed by atoms with Crippen molar-refractivity contribution in [3.05, 3.63) is 23.3 Å². The van der Waals surface area contributed by atoms with E-state index in [2.05, 4.69) is 5.32 Å². The predicted molar refractivity (Wildman–Crippen MR) is 93.4 cm³/mol. The molecule has 4 nitrogen and oxygen atoms in total. The highest BCUT2D eigenvalue weighted by Gasteiger charge is 2.49. The monoisotopic (exact) mass is 370 g/mol. The second-order valence-corrected chi connectivity index (χ2v) is 8.24. The van der Waals surface area contributed by atoms with E-state index in [4.69, 9.17) is 4.74 Å². The number of fused-ring (bicyclic) bond motifs is 2. The Morgan fingerprint density at radius 3 is 2.31 bits per heavy atom. The summed E-state index contributed by atoms with van der Waals surface area (Å²) >= 11 is 0. The molecule has 7 heteroatoms. The van der Waals surface area contributed by atoms with Gasteiger partial charge in [0, 0.05) is 30.5 Å². The van der Waals surface area contributed by atoms with Gasteiger partial charge in [0.15, 0.2) is 0 Å². The Morgan fingerprint density at radius 2 is 1.81 bits per heavy atom. The van der Waals surface area contributed by atoms with E-state index in [0.29, 0.717) is 49.5 Å². The number of hydrogen-bond acceptors (Lipinski definition) is 3. The van der Waals surface area contributed by atoms with Crippen molar-refractivity contribution in [1.82, 2.24) is 4.90 Å². The molecule has 1 saturated heterocycles. The first-order valence-corrected chi connectivity index (χ1v) is 8.81. The molecule has 1 aromatic carbocycles. The number of amides is 1. The first-order chi connectivity index (χ1) is 12.0. The first-order valence-electron chi connectivity index (χ1n) is 8.81. The molecule has 3 rings (SSSR count). The van der Waals surface area contributed by atoms with Crippen LogP contribution in [0.5, 0.6) is 5.75 Å². The van der Waals surface area contributed by atoms with Gasteiger partial charge in [-0.05, 0) is 30.5 Å². The van der Waals surface area contributed by atoms with Gasteiger partial charge in [0.1, 0.15) is 5.75 Å². The van der Waals surface area contributed by atoms with Crippen molar-refractivity contribution < 1.29 is 22.7 Å². The molecule has 1 spiro atoms. The van der Waals surface area contributed by atoms with Gasteiger partial charge in [-0.2, -0.15) is 13.2 Å². The van der Waals surface area contributed by atoms with Crippen LogP contribution in [-0.2, 0) is 16.4 Å². The lowest BCUT2D eigenvalue weighted by Gasteiger charge is -2.42. The number of anilines is 1. The minimum absolute atomic E-state index is 0.0419. The van der Waals surface area contributed by atoms with Crippen LogP contribution in [-0.4, -0.2) is 37.6 Å². The SMILES string of the molecule is COc1ccc(C(F)(F)F)c2c1NCC21CCN(C(=O)C(C)(C)C)CC1. The number of benzene rings is 1. The number of carbonyl (C=O) groups is 1. The molecule has 1 N–H and O–H groups in total. The molecule has 0 aromatic heterocycles. The third kappa shape index (κ3) is 3.01. The summed E-state index contributed by atoms with van der Waals surface area (Å²) in [6, 6.07) is 2.48. The number of rotatable bonds is 1. The fourth-order valence-electron chi connectivity index (χ4n) is 4.10. The second kappa shape index (κ2) is 6.06. The molecular weight excluding hydrogens is 345 g/mol. The Bertz CT molecular complexity index is 715. The van der Waals surface area contributed by atoms with Crippen LogP contribution in [0.15, 0.2) is 12.1 Å². The van der Waals surface area contributed by atoms with Crippen LogP contribution < -0.4 is 10.1 Å². The Morgan fingerprint density at radius 1 is 1.19 bits per heavy atom. The van der Waals surface area contributed by atoms with Gasteiger partial charge in [-0.25, -0.2) is 0 Å². The van der Waals surface area contributed by atoms with Crippen molar-refractivity contribution in [2.75, 3.05) is 32.1 Å². The highest BCUT2D eigenvalue weighted by atomic mass is 19.4. The summed E-state index contributed by atoms with van der Waals surface area (Å²) in [5.74, 6) is 0.471. The molecule has 0 unspecified atom stereocenters. The zero-order chi connectivity index (χ0) is 19.3. The number of halogens is 3. The maximum Gasteiger partial charge on any atom is 0.416 e. The normalized spacial score (nSPS) is 19.3. The number of piperidine rings is 1. The van der Waals surface area contributed by atoms with E-state index in [-0.39, 0.29) is 5.91 Å². The quantitative estimate of drug-likeness (QED) is 0.811. The second-order valence-electron chi connectivity index (χ2n) is 8.24. The fraction of sp³-hybridized carbons (Fsp3) is 0.632. The first kappa shape index (κ1) is 18.9. The standard InChI is InChI=1S/C19H25F3N2O2/c1-17(2,3)16(25)24-9-7-18(8-10-24)11-23-15-13(26-4)6-5-12(14(15)18)19(20,21)22/h5-6,23H,7-11H2,1-4H3. The summed E-state index contributed by atoms with van der Waals surface area (Å²) in [7, 11) is 1.46. The van der Waals surface area contributed by atoms with E-state index in [9.17, 15) is 18.0 Å². The van der Waals surface area contributed by atoms with Crippen LogP contribution in [0.25, 0.3) is 0 Å². The lowest BCUT2D eigenvalue weighted by Crippen LogP contribution is -2.49. The highest BCUT2D eigenvalue weighted by molar-refractivity contribution is 5.82. The third-order valence-electron chi connectivity index (χ3n) is 5.48. The largest absolute Gasteiger partial charge is 0.495 e. The average Bonchev–Trinajstić information content (AvgIpc) is 2.92. The molecule has 0 radical (unpaired) electrons. The minimum atomic E-state index is -4.42. The van der Waals surface area contributed by atoms with Gasteiger partial charge in [-0.3, -0.25) is 4.79 Å². The lowest BCUT2D eigenvalue weighted by molar-refractivity contribution is -0.142. The molecule has 0 bridgehead atoms. The molecular formula is C19H25F3N2O2. The van der Waals surface area contributed by atoms with Gasteiger partial charge in [0.25, 0.3) is 0 Å². The maximum absolute atomic E-state index is 13.6. The van der Waals surface area contributed by atoms with Gasteiger partial charge in [0.05, 0.1) is 18.4 Å². The Hall–Kier alpha value is -1.92. The number of hydrogen-bond donors (Lipinski definition) is 1. The summed E-state index contributed by atoms with van der Waals surface area (Å²) in [4.78, 5) is 14.3. The zero-order valence-electron chi connectivity index (χ0n) is 15.6. The van der Waals surface area contributed by atoms with Crippen molar-refractivity contribution in [3.8, 4) is 5.75 Å². The third-order valence-corrected chi connectivity index (χ3v) is 5.48. The van der Waals surface area contributed by atoms with Crippen molar-refractivity contribution in [1.29, 1.82) is 0 Å². The van der Waals surface area contributed by atoms with Crippen LogP contribution >= 0.6 is 0 Å². The number of likely N-dealkylation sites (tertiary alicyclic amines) is 1. The van der Waals surface area contributed by atoms with Gasteiger partial charge < -0.3 is 15.0 Å². The molecule has 1 fully saturated rings. The van der Waals surface area contributed by atoms with Crippen LogP contribution in [0.3, 0.4) is 0 Å². The van der Waals surface area contributed by atoms with E-state index in [0.717, 1.165) is 6.07 Å². The number of nitrogens with one attached hydrogen (secondary N) is 1. The predicted octanol–water partition coefficient (Wildman–Crippen LogP) is 4.05. The van der Waals surface area contributed by atoms with Crippen molar-refractivity contribution in [3.63, 3.8) is 0 Å². The molecule has 0 atom stereocenters. The summed E-state index contributed by atoms with van der Waals surface area (Å²) in [5, 5.41) is 3.14. The van der Waals surface area contributed by atoms with Gasteiger partial charge >= 0.3 is 6.18 Å². The van der Waals surface area contributed by atoms with E-state index >= 15 is 0 Å². The molecule has 0 saturated carbocycles. The number of methoxy groups -OCH3 is 1. The van der Waals surface area contributed by atoms with Crippen LogP contribution in [0.2, 0.25) is 0 Å². The number of nitrogens with zero attached hydrogens (tertiary/aromatic N) is 1. The number of ether oxygens (including phenoxy) is 1. The van der Waals surface area contributed by atoms with E-state index in [1.807, 2.05) is 20.8 Å². The molecule has 0 aliphatic carbocycles. The lowest BCUT2D eigenvalue weighted by atomic mass is 9.72.